The first-order valence-electron chi connectivity index (χ1n) is 11.2. The van der Waals surface area contributed by atoms with Crippen molar-refractivity contribution in [3.63, 3.8) is 0 Å². The van der Waals surface area contributed by atoms with E-state index in [4.69, 9.17) is 9.47 Å². The molecule has 2 N–H and O–H groups in total. The monoisotopic (exact) mass is 486 g/mol. The van der Waals surface area contributed by atoms with Gasteiger partial charge in [0.05, 0.1) is 30.3 Å². The third-order valence-corrected chi connectivity index (χ3v) is 7.66. The lowest BCUT2D eigenvalue weighted by Crippen LogP contribution is -2.43. The topological polar surface area (TPSA) is 102 Å². The Kier molecular flexibility index (Phi) is 6.99. The van der Waals surface area contributed by atoms with E-state index in [0.29, 0.717) is 30.0 Å². The Bertz CT molecular complexity index is 1300. The smallest absolute Gasteiger partial charge is 0.268 e. The summed E-state index contributed by atoms with van der Waals surface area (Å²) in [6.45, 7) is 5.03. The Morgan fingerprint density at radius 2 is 1.85 bits per heavy atom. The van der Waals surface area contributed by atoms with Crippen LogP contribution < -0.4 is 25.0 Å². The molecule has 0 radical (unpaired) electrons. The third-order valence-electron chi connectivity index (χ3n) is 5.99. The predicted octanol–water partition coefficient (Wildman–Crippen LogP) is 1.98. The van der Waals surface area contributed by atoms with Crippen LogP contribution in [-0.4, -0.2) is 65.2 Å². The number of hydrogen-bond donors (Lipinski definition) is 2. The fourth-order valence-electron chi connectivity index (χ4n) is 4.24. The molecule has 10 heteroatoms. The minimum atomic E-state index is -3.90. The quantitative estimate of drug-likeness (QED) is 0.502. The van der Waals surface area contributed by atoms with E-state index in [1.54, 1.807) is 50.7 Å². The number of nitrogens with one attached hydrogen (secondary N) is 2. The fraction of sp³-hybridized carbons (Fsp3) is 0.375. The van der Waals surface area contributed by atoms with Crippen LogP contribution >= 0.6 is 0 Å². The van der Waals surface area contributed by atoms with Gasteiger partial charge in [0.25, 0.3) is 10.0 Å². The van der Waals surface area contributed by atoms with E-state index >= 15 is 0 Å². The first-order valence-corrected chi connectivity index (χ1v) is 12.6. The van der Waals surface area contributed by atoms with Crippen LogP contribution in [0, 0.1) is 0 Å². The number of ether oxygens (including phenoxy) is 2. The van der Waals surface area contributed by atoms with Gasteiger partial charge in [0.1, 0.15) is 11.5 Å². The lowest BCUT2D eigenvalue weighted by molar-refractivity contribution is -0.118. The summed E-state index contributed by atoms with van der Waals surface area (Å²) in [5.74, 6) is 1.14. The Labute approximate surface area is 199 Å². The maximum atomic E-state index is 13.8. The van der Waals surface area contributed by atoms with E-state index in [9.17, 15) is 13.2 Å². The van der Waals surface area contributed by atoms with Crippen LogP contribution in [0.2, 0.25) is 0 Å². The summed E-state index contributed by atoms with van der Waals surface area (Å²) in [5, 5.41) is 6.85. The highest BCUT2D eigenvalue weighted by Gasteiger charge is 2.25. The number of methoxy groups -OCH3 is 2. The molecule has 1 amide bonds. The van der Waals surface area contributed by atoms with Crippen molar-refractivity contribution in [3.05, 3.63) is 48.2 Å². The Hall–Kier alpha value is -3.24. The molecule has 3 aromatic rings. The number of rotatable bonds is 8. The highest BCUT2D eigenvalue weighted by molar-refractivity contribution is 7.90. The Morgan fingerprint density at radius 1 is 1.09 bits per heavy atom. The second kappa shape index (κ2) is 9.94. The van der Waals surface area contributed by atoms with Gasteiger partial charge < -0.3 is 25.0 Å². The number of amides is 1. The molecule has 0 spiro atoms. The van der Waals surface area contributed by atoms with Gasteiger partial charge in [-0.15, -0.1) is 0 Å². The minimum absolute atomic E-state index is 0.132. The summed E-state index contributed by atoms with van der Waals surface area (Å²) >= 11 is 0. The first-order chi connectivity index (χ1) is 16.3. The molecule has 0 atom stereocenters. The number of piperazine rings is 1. The van der Waals surface area contributed by atoms with Gasteiger partial charge in [-0.1, -0.05) is 0 Å². The molecule has 0 saturated carbocycles. The van der Waals surface area contributed by atoms with Gasteiger partial charge in [-0.3, -0.25) is 4.79 Å². The molecule has 182 valence electrons. The SMILES string of the molecule is COc1ccc2c(c1)c(CCNC(C)=O)cn2S(=O)(=O)c1ccc(OC)c(N2CCNCC2)c1. The number of hydrogen-bond acceptors (Lipinski definition) is 7. The van der Waals surface area contributed by atoms with Crippen molar-refractivity contribution in [2.45, 2.75) is 18.2 Å². The molecule has 2 aromatic carbocycles. The van der Waals surface area contributed by atoms with Crippen molar-refractivity contribution in [2.75, 3.05) is 51.8 Å². The number of aromatic nitrogens is 1. The largest absolute Gasteiger partial charge is 0.497 e. The molecule has 0 aliphatic carbocycles. The molecule has 0 unspecified atom stereocenters. The summed E-state index contributed by atoms with van der Waals surface area (Å²) in [6.07, 6.45) is 2.12. The maximum Gasteiger partial charge on any atom is 0.268 e. The first kappa shape index (κ1) is 23.9. The van der Waals surface area contributed by atoms with Crippen molar-refractivity contribution in [3.8, 4) is 11.5 Å². The summed E-state index contributed by atoms with van der Waals surface area (Å²) in [4.78, 5) is 13.6. The second-order valence-electron chi connectivity index (χ2n) is 8.14. The van der Waals surface area contributed by atoms with Crippen molar-refractivity contribution in [2.24, 2.45) is 0 Å². The molecule has 1 aliphatic rings. The number of carbonyl (C=O) groups is 1. The van der Waals surface area contributed by atoms with Gasteiger partial charge in [0.2, 0.25) is 5.91 Å². The fourth-order valence-corrected chi connectivity index (χ4v) is 5.65. The average molecular weight is 487 g/mol. The van der Waals surface area contributed by atoms with E-state index in [2.05, 4.69) is 15.5 Å². The lowest BCUT2D eigenvalue weighted by atomic mass is 10.1. The standard InChI is InChI=1S/C24H30N4O5S/c1-17(29)26-9-8-18-16-28(22-6-4-19(32-2)14-21(18)22)34(30,31)20-5-7-24(33-3)23(15-20)27-12-10-25-11-13-27/h4-7,14-16,25H,8-13H2,1-3H3,(H,26,29). The van der Waals surface area contributed by atoms with Crippen LogP contribution in [0.25, 0.3) is 10.9 Å². The van der Waals surface area contributed by atoms with Gasteiger partial charge in [0.15, 0.2) is 0 Å². The van der Waals surface area contributed by atoms with Gasteiger partial charge >= 0.3 is 0 Å². The second-order valence-corrected chi connectivity index (χ2v) is 9.96. The molecule has 1 fully saturated rings. The summed E-state index contributed by atoms with van der Waals surface area (Å²) in [6, 6.07) is 10.3. The Balaban J connectivity index is 1.79. The number of nitrogens with zero attached hydrogens (tertiary/aromatic N) is 2. The third kappa shape index (κ3) is 4.69. The molecule has 4 rings (SSSR count). The van der Waals surface area contributed by atoms with Gasteiger partial charge in [-0.25, -0.2) is 12.4 Å². The number of benzene rings is 2. The molecule has 0 bridgehead atoms. The molecule has 1 saturated heterocycles. The average Bonchev–Trinajstić information content (AvgIpc) is 3.22. The van der Waals surface area contributed by atoms with Crippen molar-refractivity contribution in [1.82, 2.24) is 14.6 Å². The van der Waals surface area contributed by atoms with E-state index in [1.165, 1.54) is 10.9 Å². The molecule has 1 aromatic heterocycles. The van der Waals surface area contributed by atoms with Crippen molar-refractivity contribution >= 4 is 32.5 Å². The highest BCUT2D eigenvalue weighted by Crippen LogP contribution is 2.34. The zero-order chi connectivity index (χ0) is 24.3. The van der Waals surface area contributed by atoms with Crippen LogP contribution in [0.5, 0.6) is 11.5 Å². The normalized spacial score (nSPS) is 14.3. The number of carbonyl (C=O) groups excluding carboxylic acids is 1. The Morgan fingerprint density at radius 3 is 2.53 bits per heavy atom. The van der Waals surface area contributed by atoms with Crippen molar-refractivity contribution < 1.29 is 22.7 Å². The number of fused-ring (bicyclic) bond motifs is 1. The van der Waals surface area contributed by atoms with E-state index in [0.717, 1.165) is 42.8 Å². The molecule has 34 heavy (non-hydrogen) atoms. The van der Waals surface area contributed by atoms with Gasteiger partial charge in [0, 0.05) is 51.2 Å². The van der Waals surface area contributed by atoms with E-state index in [-0.39, 0.29) is 10.8 Å². The molecule has 2 heterocycles. The zero-order valence-electron chi connectivity index (χ0n) is 19.6. The van der Waals surface area contributed by atoms with Crippen LogP contribution in [0.3, 0.4) is 0 Å². The van der Waals surface area contributed by atoms with Crippen LogP contribution in [-0.2, 0) is 21.2 Å². The summed E-state index contributed by atoms with van der Waals surface area (Å²) in [5.41, 5.74) is 2.12. The molecular weight excluding hydrogens is 456 g/mol. The minimum Gasteiger partial charge on any atom is -0.497 e. The van der Waals surface area contributed by atoms with E-state index in [1.807, 2.05) is 6.07 Å². The lowest BCUT2D eigenvalue weighted by Gasteiger charge is -2.30. The van der Waals surface area contributed by atoms with Gasteiger partial charge in [-0.2, -0.15) is 0 Å². The zero-order valence-corrected chi connectivity index (χ0v) is 20.4. The predicted molar refractivity (Wildman–Crippen MR) is 132 cm³/mol. The van der Waals surface area contributed by atoms with E-state index < -0.39 is 10.0 Å². The molecule has 1 aliphatic heterocycles. The molecular formula is C24H30N4O5S. The highest BCUT2D eigenvalue weighted by atomic mass is 32.2. The summed E-state index contributed by atoms with van der Waals surface area (Å²) in [7, 11) is -0.744. The maximum absolute atomic E-state index is 13.8. The van der Waals surface area contributed by atoms with Crippen LogP contribution in [0.4, 0.5) is 5.69 Å². The van der Waals surface area contributed by atoms with Crippen molar-refractivity contribution in [1.29, 1.82) is 0 Å². The number of anilines is 1. The van der Waals surface area contributed by atoms with Crippen LogP contribution in [0.1, 0.15) is 12.5 Å². The summed E-state index contributed by atoms with van der Waals surface area (Å²) < 4.78 is 39.8. The van der Waals surface area contributed by atoms with Crippen LogP contribution in [0.15, 0.2) is 47.5 Å². The van der Waals surface area contributed by atoms with Gasteiger partial charge in [-0.05, 0) is 48.4 Å². The molecule has 9 nitrogen and oxygen atoms in total.